The number of carbonyl (C=O) groups excluding carboxylic acids is 2. The predicted octanol–water partition coefficient (Wildman–Crippen LogP) is -0.512. The number of ether oxygens (including phenoxy) is 1. The lowest BCUT2D eigenvalue weighted by molar-refractivity contribution is -0.155. The summed E-state index contributed by atoms with van der Waals surface area (Å²) in [6.45, 7) is 1.08. The number of rotatable bonds is 3. The summed E-state index contributed by atoms with van der Waals surface area (Å²) < 4.78 is 4.70. The van der Waals surface area contributed by atoms with Crippen molar-refractivity contribution < 1.29 is 14.3 Å². The summed E-state index contributed by atoms with van der Waals surface area (Å²) in [5.74, 6) is -0.488. The first kappa shape index (κ1) is 11.7. The van der Waals surface area contributed by atoms with Gasteiger partial charge in [0.05, 0.1) is 20.2 Å². The van der Waals surface area contributed by atoms with Crippen LogP contribution >= 0.6 is 0 Å². The normalized spacial score (nSPS) is 20.4. The Morgan fingerprint density at radius 2 is 2.47 bits per heavy atom. The second-order valence-corrected chi connectivity index (χ2v) is 3.89. The van der Waals surface area contributed by atoms with E-state index in [1.54, 1.807) is 6.20 Å². The van der Waals surface area contributed by atoms with Gasteiger partial charge in [0.15, 0.2) is 0 Å². The van der Waals surface area contributed by atoms with Crippen LogP contribution in [0.3, 0.4) is 0 Å². The zero-order chi connectivity index (χ0) is 12.3. The molecule has 0 bridgehead atoms. The van der Waals surface area contributed by atoms with Crippen molar-refractivity contribution in [1.82, 2.24) is 15.2 Å². The first-order valence-corrected chi connectivity index (χ1v) is 5.42. The Bertz CT molecular complexity index is 402. The molecule has 1 aromatic rings. The monoisotopic (exact) mass is 237 g/mol. The number of esters is 1. The highest BCUT2D eigenvalue weighted by Gasteiger charge is 2.33. The second-order valence-electron chi connectivity index (χ2n) is 3.89. The predicted molar refractivity (Wildman–Crippen MR) is 60.0 cm³/mol. The van der Waals surface area contributed by atoms with Crippen LogP contribution in [0.25, 0.3) is 0 Å². The van der Waals surface area contributed by atoms with Crippen LogP contribution < -0.4 is 5.32 Å². The Kier molecular flexibility index (Phi) is 3.43. The lowest BCUT2D eigenvalue weighted by atomic mass is 10.1. The number of nitrogens with one attached hydrogen (secondary N) is 2. The van der Waals surface area contributed by atoms with Crippen molar-refractivity contribution in [3.05, 3.63) is 24.0 Å². The molecule has 1 aliphatic heterocycles. The molecule has 0 spiro atoms. The van der Waals surface area contributed by atoms with E-state index in [1.807, 2.05) is 12.1 Å². The molecular weight excluding hydrogens is 222 g/mol. The van der Waals surface area contributed by atoms with Crippen LogP contribution in [0.15, 0.2) is 18.3 Å². The number of aromatic nitrogens is 1. The second kappa shape index (κ2) is 5.01. The van der Waals surface area contributed by atoms with Crippen molar-refractivity contribution in [3.8, 4) is 0 Å². The number of methoxy groups -OCH3 is 1. The van der Waals surface area contributed by atoms with E-state index in [0.717, 1.165) is 5.69 Å². The van der Waals surface area contributed by atoms with Crippen LogP contribution in [0.1, 0.15) is 5.69 Å². The molecule has 1 aromatic heterocycles. The van der Waals surface area contributed by atoms with E-state index < -0.39 is 12.0 Å². The van der Waals surface area contributed by atoms with Crippen LogP contribution in [0.5, 0.6) is 0 Å². The smallest absolute Gasteiger partial charge is 0.329 e. The first-order valence-electron chi connectivity index (χ1n) is 5.42. The molecule has 2 heterocycles. The number of aromatic amines is 1. The summed E-state index contributed by atoms with van der Waals surface area (Å²) in [7, 11) is 1.33. The molecule has 6 nitrogen and oxygen atoms in total. The molecule has 1 aliphatic rings. The molecule has 1 saturated heterocycles. The summed E-state index contributed by atoms with van der Waals surface area (Å²) in [6.07, 6.45) is 1.79. The molecular formula is C11H15N3O3. The number of amides is 1. The van der Waals surface area contributed by atoms with E-state index in [9.17, 15) is 9.59 Å². The van der Waals surface area contributed by atoms with Crippen LogP contribution in [0.4, 0.5) is 0 Å². The van der Waals surface area contributed by atoms with E-state index in [-0.39, 0.29) is 12.5 Å². The van der Waals surface area contributed by atoms with Crippen molar-refractivity contribution in [3.63, 3.8) is 0 Å². The molecule has 92 valence electrons. The van der Waals surface area contributed by atoms with Gasteiger partial charge in [-0.3, -0.25) is 4.79 Å². The standard InChI is InChI=1S/C11H15N3O3/c1-17-11(16)9-5-12-6-10(15)14(9)7-8-3-2-4-13-8/h2-4,9,12-13H,5-7H2,1H3. The van der Waals surface area contributed by atoms with Crippen molar-refractivity contribution in [2.75, 3.05) is 20.2 Å². The molecule has 1 amide bonds. The zero-order valence-corrected chi connectivity index (χ0v) is 9.60. The minimum absolute atomic E-state index is 0.0961. The van der Waals surface area contributed by atoms with Gasteiger partial charge in [-0.1, -0.05) is 0 Å². The van der Waals surface area contributed by atoms with Gasteiger partial charge in [0.2, 0.25) is 5.91 Å². The Morgan fingerprint density at radius 3 is 3.12 bits per heavy atom. The number of piperazine rings is 1. The molecule has 6 heteroatoms. The van der Waals surface area contributed by atoms with Gasteiger partial charge in [-0.2, -0.15) is 0 Å². The summed E-state index contributed by atoms with van der Waals surface area (Å²) >= 11 is 0. The van der Waals surface area contributed by atoms with E-state index in [1.165, 1.54) is 12.0 Å². The summed E-state index contributed by atoms with van der Waals surface area (Å²) in [6, 6.07) is 3.18. The van der Waals surface area contributed by atoms with Crippen molar-refractivity contribution >= 4 is 11.9 Å². The summed E-state index contributed by atoms with van der Waals surface area (Å²) in [5.41, 5.74) is 0.897. The molecule has 17 heavy (non-hydrogen) atoms. The fourth-order valence-electron chi connectivity index (χ4n) is 1.90. The van der Waals surface area contributed by atoms with E-state index in [4.69, 9.17) is 4.74 Å². The van der Waals surface area contributed by atoms with Gasteiger partial charge < -0.3 is 19.9 Å². The van der Waals surface area contributed by atoms with Crippen molar-refractivity contribution in [2.24, 2.45) is 0 Å². The molecule has 0 radical (unpaired) electrons. The molecule has 2 rings (SSSR count). The fraction of sp³-hybridized carbons (Fsp3) is 0.455. The molecule has 0 saturated carbocycles. The minimum atomic E-state index is -0.551. The number of hydrogen-bond donors (Lipinski definition) is 2. The minimum Gasteiger partial charge on any atom is -0.467 e. The van der Waals surface area contributed by atoms with Crippen LogP contribution in [-0.2, 0) is 20.9 Å². The average molecular weight is 237 g/mol. The summed E-state index contributed by atoms with van der Waals surface area (Å²) in [4.78, 5) is 27.9. The molecule has 1 atom stereocenters. The third kappa shape index (κ3) is 2.47. The topological polar surface area (TPSA) is 74.4 Å². The van der Waals surface area contributed by atoms with Gasteiger partial charge in [0, 0.05) is 18.4 Å². The SMILES string of the molecule is COC(=O)C1CNCC(=O)N1Cc1ccc[nH]1. The highest BCUT2D eigenvalue weighted by Crippen LogP contribution is 2.11. The lowest BCUT2D eigenvalue weighted by Crippen LogP contribution is -2.57. The largest absolute Gasteiger partial charge is 0.467 e. The van der Waals surface area contributed by atoms with E-state index in [0.29, 0.717) is 13.1 Å². The highest BCUT2D eigenvalue weighted by molar-refractivity contribution is 5.87. The van der Waals surface area contributed by atoms with Gasteiger partial charge >= 0.3 is 5.97 Å². The molecule has 1 unspecified atom stereocenters. The van der Waals surface area contributed by atoms with Gasteiger partial charge in [-0.25, -0.2) is 4.79 Å². The third-order valence-electron chi connectivity index (χ3n) is 2.79. The molecule has 0 aliphatic carbocycles. The van der Waals surface area contributed by atoms with E-state index in [2.05, 4.69) is 10.3 Å². The Balaban J connectivity index is 2.13. The Labute approximate surface area is 98.9 Å². The lowest BCUT2D eigenvalue weighted by Gasteiger charge is -2.33. The molecule has 2 N–H and O–H groups in total. The van der Waals surface area contributed by atoms with Crippen LogP contribution in [-0.4, -0.2) is 48.0 Å². The number of nitrogens with zero attached hydrogens (tertiary/aromatic N) is 1. The molecule has 0 aromatic carbocycles. The van der Waals surface area contributed by atoms with Crippen molar-refractivity contribution in [2.45, 2.75) is 12.6 Å². The van der Waals surface area contributed by atoms with Crippen LogP contribution in [0, 0.1) is 0 Å². The highest BCUT2D eigenvalue weighted by atomic mass is 16.5. The Hall–Kier alpha value is -1.82. The Morgan fingerprint density at radius 1 is 1.65 bits per heavy atom. The van der Waals surface area contributed by atoms with Gasteiger partial charge in [0.25, 0.3) is 0 Å². The zero-order valence-electron chi connectivity index (χ0n) is 9.60. The first-order chi connectivity index (χ1) is 8.22. The average Bonchev–Trinajstić information content (AvgIpc) is 2.83. The maximum absolute atomic E-state index is 11.8. The quantitative estimate of drug-likeness (QED) is 0.694. The van der Waals surface area contributed by atoms with Crippen molar-refractivity contribution in [1.29, 1.82) is 0 Å². The maximum Gasteiger partial charge on any atom is 0.329 e. The van der Waals surface area contributed by atoms with E-state index >= 15 is 0 Å². The maximum atomic E-state index is 11.8. The van der Waals surface area contributed by atoms with Crippen LogP contribution in [0.2, 0.25) is 0 Å². The number of carbonyl (C=O) groups is 2. The van der Waals surface area contributed by atoms with Gasteiger partial charge in [0.1, 0.15) is 6.04 Å². The summed E-state index contributed by atoms with van der Waals surface area (Å²) in [5, 5.41) is 2.91. The molecule has 1 fully saturated rings. The third-order valence-corrected chi connectivity index (χ3v) is 2.79. The van der Waals surface area contributed by atoms with Gasteiger partial charge in [-0.05, 0) is 12.1 Å². The number of H-pyrrole nitrogens is 1. The number of hydrogen-bond acceptors (Lipinski definition) is 4. The van der Waals surface area contributed by atoms with Gasteiger partial charge in [-0.15, -0.1) is 0 Å². The fourth-order valence-corrected chi connectivity index (χ4v) is 1.90.